The third-order valence-corrected chi connectivity index (χ3v) is 7.10. The SMILES string of the molecule is CC#CCNc1nc(Cl)nc2c(I)c([C@H]3CCCC[C@@H]3N)sc12. The Hall–Kier alpha value is -0.620. The molecule has 1 fully saturated rings. The highest BCUT2D eigenvalue weighted by Crippen LogP contribution is 2.43. The third kappa shape index (κ3) is 3.58. The van der Waals surface area contributed by atoms with Crippen molar-refractivity contribution < 1.29 is 0 Å². The van der Waals surface area contributed by atoms with Crippen LogP contribution in [-0.4, -0.2) is 22.6 Å². The first-order valence-electron chi connectivity index (χ1n) is 7.66. The van der Waals surface area contributed by atoms with Crippen LogP contribution in [0.2, 0.25) is 5.28 Å². The van der Waals surface area contributed by atoms with Crippen LogP contribution in [0, 0.1) is 15.4 Å². The molecular weight excluding hydrogens is 443 g/mol. The zero-order valence-corrected chi connectivity index (χ0v) is 16.6. The Kier molecular flexibility index (Phi) is 5.62. The maximum Gasteiger partial charge on any atom is 0.225 e. The highest BCUT2D eigenvalue weighted by molar-refractivity contribution is 14.1. The molecule has 0 radical (unpaired) electrons. The van der Waals surface area contributed by atoms with Crippen LogP contribution in [0.25, 0.3) is 10.2 Å². The van der Waals surface area contributed by atoms with Crippen LogP contribution in [-0.2, 0) is 0 Å². The maximum atomic E-state index is 6.38. The van der Waals surface area contributed by atoms with Gasteiger partial charge in [0.25, 0.3) is 0 Å². The van der Waals surface area contributed by atoms with Gasteiger partial charge in [-0.1, -0.05) is 18.8 Å². The first-order valence-corrected chi connectivity index (χ1v) is 9.93. The molecule has 3 N–H and O–H groups in total. The Balaban J connectivity index is 2.05. The van der Waals surface area contributed by atoms with Gasteiger partial charge in [0.2, 0.25) is 5.28 Å². The summed E-state index contributed by atoms with van der Waals surface area (Å²) in [5.41, 5.74) is 7.30. The molecule has 3 rings (SSSR count). The summed E-state index contributed by atoms with van der Waals surface area (Å²) in [6.45, 7) is 2.37. The van der Waals surface area contributed by atoms with Gasteiger partial charge in [0, 0.05) is 16.8 Å². The number of aromatic nitrogens is 2. The fraction of sp³-hybridized carbons (Fsp3) is 0.500. The number of anilines is 1. The Labute approximate surface area is 158 Å². The normalized spacial score (nSPS) is 21.0. The van der Waals surface area contributed by atoms with Gasteiger partial charge in [0.1, 0.15) is 11.3 Å². The molecule has 1 aliphatic carbocycles. The molecular formula is C16H18ClIN4S. The van der Waals surface area contributed by atoms with E-state index in [-0.39, 0.29) is 11.3 Å². The molecule has 0 saturated heterocycles. The van der Waals surface area contributed by atoms with Crippen LogP contribution in [0.4, 0.5) is 5.82 Å². The van der Waals surface area contributed by atoms with Gasteiger partial charge in [-0.2, -0.15) is 4.98 Å². The molecule has 1 aliphatic rings. The van der Waals surface area contributed by atoms with Crippen molar-refractivity contribution in [3.05, 3.63) is 13.7 Å². The van der Waals surface area contributed by atoms with E-state index in [0.29, 0.717) is 12.5 Å². The summed E-state index contributed by atoms with van der Waals surface area (Å²) in [5, 5.41) is 3.51. The van der Waals surface area contributed by atoms with Crippen LogP contribution >= 0.6 is 45.5 Å². The van der Waals surface area contributed by atoms with Crippen molar-refractivity contribution in [2.75, 3.05) is 11.9 Å². The van der Waals surface area contributed by atoms with E-state index < -0.39 is 0 Å². The van der Waals surface area contributed by atoms with Crippen molar-refractivity contribution in [1.29, 1.82) is 0 Å². The molecule has 2 aromatic heterocycles. The monoisotopic (exact) mass is 460 g/mol. The first-order chi connectivity index (χ1) is 11.1. The highest BCUT2D eigenvalue weighted by atomic mass is 127. The minimum atomic E-state index is 0.233. The van der Waals surface area contributed by atoms with Crippen LogP contribution in [0.15, 0.2) is 0 Å². The average Bonchev–Trinajstić information content (AvgIpc) is 2.85. The van der Waals surface area contributed by atoms with Gasteiger partial charge in [0.05, 0.1) is 14.8 Å². The van der Waals surface area contributed by atoms with Crippen molar-refractivity contribution >= 4 is 61.6 Å². The van der Waals surface area contributed by atoms with Gasteiger partial charge in [-0.25, -0.2) is 4.98 Å². The molecule has 0 bridgehead atoms. The molecule has 4 nitrogen and oxygen atoms in total. The number of fused-ring (bicyclic) bond motifs is 1. The molecule has 122 valence electrons. The van der Waals surface area contributed by atoms with Gasteiger partial charge in [-0.3, -0.25) is 0 Å². The zero-order valence-electron chi connectivity index (χ0n) is 12.8. The zero-order chi connectivity index (χ0) is 16.4. The second-order valence-corrected chi connectivity index (χ2v) is 8.10. The second kappa shape index (κ2) is 7.51. The number of hydrogen-bond acceptors (Lipinski definition) is 5. The van der Waals surface area contributed by atoms with Gasteiger partial charge in [0.15, 0.2) is 0 Å². The number of nitrogens with one attached hydrogen (secondary N) is 1. The number of nitrogens with zero attached hydrogens (tertiary/aromatic N) is 2. The molecule has 2 aromatic rings. The third-order valence-electron chi connectivity index (χ3n) is 4.15. The lowest BCUT2D eigenvalue weighted by atomic mass is 9.84. The van der Waals surface area contributed by atoms with E-state index in [1.165, 1.54) is 21.3 Å². The Bertz CT molecular complexity index is 780. The lowest BCUT2D eigenvalue weighted by Crippen LogP contribution is -2.31. The van der Waals surface area contributed by atoms with E-state index in [0.717, 1.165) is 28.9 Å². The molecule has 0 aromatic carbocycles. The second-order valence-electron chi connectivity index (χ2n) is 5.63. The summed E-state index contributed by atoms with van der Waals surface area (Å²) in [6, 6.07) is 0.233. The van der Waals surface area contributed by atoms with E-state index in [1.807, 2.05) is 6.92 Å². The Morgan fingerprint density at radius 2 is 2.17 bits per heavy atom. The molecule has 0 amide bonds. The number of hydrogen-bond donors (Lipinski definition) is 2. The standard InChI is InChI=1S/C16H18ClIN4S/c1-2-3-8-20-15-14-12(21-16(17)22-15)11(18)13(23-14)9-6-4-5-7-10(9)19/h9-10H,4-8,19H2,1H3,(H,20,21,22)/t9-,10-/m0/s1. The van der Waals surface area contributed by atoms with E-state index in [9.17, 15) is 0 Å². The smallest absolute Gasteiger partial charge is 0.225 e. The molecule has 2 atom stereocenters. The van der Waals surface area contributed by atoms with Gasteiger partial charge in [-0.05, 0) is 54.0 Å². The van der Waals surface area contributed by atoms with Crippen molar-refractivity contribution in [3.63, 3.8) is 0 Å². The summed E-state index contributed by atoms with van der Waals surface area (Å²) in [6.07, 6.45) is 4.72. The molecule has 2 heterocycles. The van der Waals surface area contributed by atoms with E-state index in [4.69, 9.17) is 17.3 Å². The van der Waals surface area contributed by atoms with Gasteiger partial charge in [-0.15, -0.1) is 17.3 Å². The molecule has 7 heteroatoms. The van der Waals surface area contributed by atoms with Crippen molar-refractivity contribution in [1.82, 2.24) is 9.97 Å². The molecule has 0 aliphatic heterocycles. The molecule has 0 unspecified atom stereocenters. The average molecular weight is 461 g/mol. The summed E-state index contributed by atoms with van der Waals surface area (Å²) in [7, 11) is 0. The van der Waals surface area contributed by atoms with E-state index >= 15 is 0 Å². The first kappa shape index (κ1) is 17.2. The fourth-order valence-corrected chi connectivity index (χ4v) is 5.78. The highest BCUT2D eigenvalue weighted by Gasteiger charge is 2.29. The van der Waals surface area contributed by atoms with Crippen molar-refractivity contribution in [2.45, 2.75) is 44.6 Å². The predicted molar refractivity (Wildman–Crippen MR) is 106 cm³/mol. The van der Waals surface area contributed by atoms with Crippen molar-refractivity contribution in [2.24, 2.45) is 5.73 Å². The van der Waals surface area contributed by atoms with Crippen LogP contribution in [0.5, 0.6) is 0 Å². The van der Waals surface area contributed by atoms with Crippen molar-refractivity contribution in [3.8, 4) is 11.8 Å². The molecule has 1 saturated carbocycles. The lowest BCUT2D eigenvalue weighted by Gasteiger charge is -2.28. The molecule has 23 heavy (non-hydrogen) atoms. The number of rotatable bonds is 3. The number of thiophene rings is 1. The summed E-state index contributed by atoms with van der Waals surface area (Å²) in [5.74, 6) is 7.04. The van der Waals surface area contributed by atoms with E-state index in [2.05, 4.69) is 49.7 Å². The lowest BCUT2D eigenvalue weighted by molar-refractivity contribution is 0.389. The molecule has 0 spiro atoms. The summed E-state index contributed by atoms with van der Waals surface area (Å²) >= 11 is 10.2. The van der Waals surface area contributed by atoms with Crippen LogP contribution < -0.4 is 11.1 Å². The Morgan fingerprint density at radius 3 is 2.91 bits per heavy atom. The quantitative estimate of drug-likeness (QED) is 0.406. The number of halogens is 2. The largest absolute Gasteiger partial charge is 0.358 e. The van der Waals surface area contributed by atoms with Crippen LogP contribution in [0.1, 0.15) is 43.4 Å². The summed E-state index contributed by atoms with van der Waals surface area (Å²) < 4.78 is 2.21. The van der Waals surface area contributed by atoms with Gasteiger partial charge >= 0.3 is 0 Å². The van der Waals surface area contributed by atoms with Crippen LogP contribution in [0.3, 0.4) is 0 Å². The fourth-order valence-electron chi connectivity index (χ4n) is 3.00. The minimum absolute atomic E-state index is 0.233. The Morgan fingerprint density at radius 1 is 1.39 bits per heavy atom. The minimum Gasteiger partial charge on any atom is -0.358 e. The van der Waals surface area contributed by atoms with E-state index in [1.54, 1.807) is 11.3 Å². The van der Waals surface area contributed by atoms with Gasteiger partial charge < -0.3 is 11.1 Å². The number of nitrogens with two attached hydrogens (primary N) is 1. The maximum absolute atomic E-state index is 6.38. The predicted octanol–water partition coefficient (Wildman–Crippen LogP) is 4.37. The summed E-state index contributed by atoms with van der Waals surface area (Å²) in [4.78, 5) is 10.1. The topological polar surface area (TPSA) is 63.8 Å².